The van der Waals surface area contributed by atoms with Gasteiger partial charge in [-0.1, -0.05) is 24.3 Å². The third kappa shape index (κ3) is 4.23. The monoisotopic (exact) mass is 346 g/mol. The van der Waals surface area contributed by atoms with Crippen LogP contribution in [0.3, 0.4) is 0 Å². The molecule has 3 heteroatoms. The first-order valence-corrected chi connectivity index (χ1v) is 9.30. The zero-order valence-corrected chi connectivity index (χ0v) is 15.8. The number of aromatic nitrogens is 1. The molecular formula is C23H26N2O. The van der Waals surface area contributed by atoms with Crippen molar-refractivity contribution in [3.63, 3.8) is 0 Å². The third-order valence-electron chi connectivity index (χ3n) is 4.46. The summed E-state index contributed by atoms with van der Waals surface area (Å²) >= 11 is 0. The molecule has 0 saturated carbocycles. The van der Waals surface area contributed by atoms with E-state index in [0.29, 0.717) is 6.61 Å². The lowest BCUT2D eigenvalue weighted by molar-refractivity contribution is 0.340. The second kappa shape index (κ2) is 8.52. The van der Waals surface area contributed by atoms with Gasteiger partial charge in [-0.05, 0) is 68.8 Å². The Morgan fingerprint density at radius 3 is 2.35 bits per heavy atom. The van der Waals surface area contributed by atoms with E-state index in [1.54, 1.807) is 0 Å². The molecule has 3 rings (SSSR count). The smallest absolute Gasteiger partial charge is 0.120 e. The number of pyridine rings is 1. The summed E-state index contributed by atoms with van der Waals surface area (Å²) in [5, 5.41) is 1.09. The molecule has 26 heavy (non-hydrogen) atoms. The summed E-state index contributed by atoms with van der Waals surface area (Å²) in [5.41, 5.74) is 4.37. The van der Waals surface area contributed by atoms with Crippen molar-refractivity contribution in [2.75, 3.05) is 24.6 Å². The van der Waals surface area contributed by atoms with Crippen LogP contribution < -0.4 is 9.64 Å². The molecule has 3 aromatic rings. The van der Waals surface area contributed by atoms with Crippen LogP contribution in [0, 0.1) is 0 Å². The Morgan fingerprint density at radius 2 is 1.65 bits per heavy atom. The molecule has 1 heterocycles. The van der Waals surface area contributed by atoms with Crippen LogP contribution in [0.25, 0.3) is 23.1 Å². The van der Waals surface area contributed by atoms with E-state index in [2.05, 4.69) is 61.2 Å². The highest BCUT2D eigenvalue weighted by Gasteiger charge is 2.01. The molecule has 0 fully saturated rings. The van der Waals surface area contributed by atoms with Crippen molar-refractivity contribution in [1.82, 2.24) is 4.98 Å². The predicted molar refractivity (Wildman–Crippen MR) is 112 cm³/mol. The van der Waals surface area contributed by atoms with Crippen LogP contribution in [0.2, 0.25) is 0 Å². The van der Waals surface area contributed by atoms with E-state index in [9.17, 15) is 0 Å². The van der Waals surface area contributed by atoms with Crippen molar-refractivity contribution in [1.29, 1.82) is 0 Å². The van der Waals surface area contributed by atoms with E-state index in [1.807, 2.05) is 31.2 Å². The van der Waals surface area contributed by atoms with E-state index >= 15 is 0 Å². The van der Waals surface area contributed by atoms with Crippen LogP contribution in [0.5, 0.6) is 5.75 Å². The summed E-state index contributed by atoms with van der Waals surface area (Å²) in [7, 11) is 0. The maximum atomic E-state index is 5.55. The topological polar surface area (TPSA) is 25.4 Å². The molecule has 0 amide bonds. The SMILES string of the molecule is CCOc1ccc2nc(/C=C/c3ccc(N(CC)CC)cc3)ccc2c1. The fraction of sp³-hybridized carbons (Fsp3) is 0.261. The lowest BCUT2D eigenvalue weighted by Gasteiger charge is -2.20. The van der Waals surface area contributed by atoms with E-state index in [-0.39, 0.29) is 0 Å². The maximum Gasteiger partial charge on any atom is 0.120 e. The highest BCUT2D eigenvalue weighted by atomic mass is 16.5. The Labute approximate surface area is 155 Å². The van der Waals surface area contributed by atoms with E-state index in [0.717, 1.165) is 35.4 Å². The number of benzene rings is 2. The number of anilines is 1. The molecule has 0 unspecified atom stereocenters. The zero-order valence-electron chi connectivity index (χ0n) is 15.8. The Balaban J connectivity index is 1.76. The molecule has 0 aliphatic rings. The number of hydrogen-bond acceptors (Lipinski definition) is 3. The molecule has 0 radical (unpaired) electrons. The van der Waals surface area contributed by atoms with Gasteiger partial charge >= 0.3 is 0 Å². The van der Waals surface area contributed by atoms with Gasteiger partial charge in [0, 0.05) is 24.2 Å². The molecule has 0 bridgehead atoms. The molecule has 0 N–H and O–H groups in total. The second-order valence-electron chi connectivity index (χ2n) is 6.12. The summed E-state index contributed by atoms with van der Waals surface area (Å²) in [5.74, 6) is 0.887. The molecule has 2 aromatic carbocycles. The van der Waals surface area contributed by atoms with Gasteiger partial charge in [-0.25, -0.2) is 4.98 Å². The largest absolute Gasteiger partial charge is 0.494 e. The van der Waals surface area contributed by atoms with Gasteiger partial charge in [0.2, 0.25) is 0 Å². The number of rotatable bonds is 7. The quantitative estimate of drug-likeness (QED) is 0.553. The Morgan fingerprint density at radius 1 is 0.885 bits per heavy atom. The molecule has 0 aliphatic carbocycles. The van der Waals surface area contributed by atoms with Gasteiger partial charge in [0.1, 0.15) is 5.75 Å². The Bertz CT molecular complexity index is 880. The predicted octanol–water partition coefficient (Wildman–Crippen LogP) is 5.65. The Kier molecular flexibility index (Phi) is 5.90. The van der Waals surface area contributed by atoms with Crippen LogP contribution in [0.15, 0.2) is 54.6 Å². The standard InChI is InChI=1S/C23H26N2O/c1-4-25(5-2)21-13-8-18(9-14-21)7-11-20-12-10-19-17-22(26-6-3)15-16-23(19)24-20/h7-17H,4-6H2,1-3H3/b11-7+. The summed E-state index contributed by atoms with van der Waals surface area (Å²) in [6, 6.07) is 18.8. The number of hydrogen-bond donors (Lipinski definition) is 0. The summed E-state index contributed by atoms with van der Waals surface area (Å²) in [6.07, 6.45) is 4.16. The van der Waals surface area contributed by atoms with Crippen molar-refractivity contribution in [2.45, 2.75) is 20.8 Å². The summed E-state index contributed by atoms with van der Waals surface area (Å²) in [4.78, 5) is 7.06. The van der Waals surface area contributed by atoms with Crippen LogP contribution in [0.4, 0.5) is 5.69 Å². The molecule has 0 spiro atoms. The molecular weight excluding hydrogens is 320 g/mol. The first-order chi connectivity index (χ1) is 12.7. The summed E-state index contributed by atoms with van der Waals surface area (Å²) < 4.78 is 5.55. The van der Waals surface area contributed by atoms with Gasteiger partial charge in [0.05, 0.1) is 17.8 Å². The fourth-order valence-corrected chi connectivity index (χ4v) is 3.04. The first kappa shape index (κ1) is 18.0. The van der Waals surface area contributed by atoms with E-state index in [4.69, 9.17) is 9.72 Å². The lowest BCUT2D eigenvalue weighted by Crippen LogP contribution is -2.21. The minimum Gasteiger partial charge on any atom is -0.494 e. The third-order valence-corrected chi connectivity index (χ3v) is 4.46. The molecule has 0 aliphatic heterocycles. The Hall–Kier alpha value is -2.81. The van der Waals surface area contributed by atoms with Gasteiger partial charge in [-0.3, -0.25) is 0 Å². The van der Waals surface area contributed by atoms with Gasteiger partial charge in [-0.15, -0.1) is 0 Å². The highest BCUT2D eigenvalue weighted by Crippen LogP contribution is 2.21. The minimum absolute atomic E-state index is 0.673. The number of nitrogens with zero attached hydrogens (tertiary/aromatic N) is 2. The van der Waals surface area contributed by atoms with Gasteiger partial charge in [0.15, 0.2) is 0 Å². The van der Waals surface area contributed by atoms with Crippen molar-refractivity contribution in [3.05, 3.63) is 65.9 Å². The van der Waals surface area contributed by atoms with Crippen LogP contribution in [0.1, 0.15) is 32.0 Å². The highest BCUT2D eigenvalue weighted by molar-refractivity contribution is 5.82. The fourth-order valence-electron chi connectivity index (χ4n) is 3.04. The molecule has 3 nitrogen and oxygen atoms in total. The van der Waals surface area contributed by atoms with Gasteiger partial charge in [-0.2, -0.15) is 0 Å². The van der Waals surface area contributed by atoms with Crippen molar-refractivity contribution >= 4 is 28.7 Å². The number of fused-ring (bicyclic) bond motifs is 1. The van der Waals surface area contributed by atoms with Crippen LogP contribution in [-0.2, 0) is 0 Å². The van der Waals surface area contributed by atoms with E-state index < -0.39 is 0 Å². The normalized spacial score (nSPS) is 11.2. The summed E-state index contributed by atoms with van der Waals surface area (Å²) in [6.45, 7) is 9.08. The van der Waals surface area contributed by atoms with Gasteiger partial charge < -0.3 is 9.64 Å². The maximum absolute atomic E-state index is 5.55. The van der Waals surface area contributed by atoms with Crippen molar-refractivity contribution in [3.8, 4) is 5.75 Å². The zero-order chi connectivity index (χ0) is 18.4. The van der Waals surface area contributed by atoms with E-state index in [1.165, 1.54) is 11.3 Å². The average molecular weight is 346 g/mol. The van der Waals surface area contributed by atoms with Crippen LogP contribution in [-0.4, -0.2) is 24.7 Å². The minimum atomic E-state index is 0.673. The first-order valence-electron chi connectivity index (χ1n) is 9.30. The van der Waals surface area contributed by atoms with Crippen molar-refractivity contribution in [2.24, 2.45) is 0 Å². The molecule has 1 aromatic heterocycles. The average Bonchev–Trinajstić information content (AvgIpc) is 2.68. The van der Waals surface area contributed by atoms with Gasteiger partial charge in [0.25, 0.3) is 0 Å². The van der Waals surface area contributed by atoms with Crippen molar-refractivity contribution < 1.29 is 4.74 Å². The van der Waals surface area contributed by atoms with Crippen LogP contribution >= 0.6 is 0 Å². The number of ether oxygens (including phenoxy) is 1. The molecule has 0 saturated heterocycles. The molecule has 134 valence electrons. The molecule has 0 atom stereocenters. The lowest BCUT2D eigenvalue weighted by atomic mass is 10.1. The second-order valence-corrected chi connectivity index (χ2v) is 6.12.